The molecule has 0 saturated heterocycles. The zero-order valence-corrected chi connectivity index (χ0v) is 10.7. The molecule has 0 spiro atoms. The van der Waals surface area contributed by atoms with Crippen LogP contribution in [0.2, 0.25) is 0 Å². The Morgan fingerprint density at radius 1 is 1.37 bits per heavy atom. The van der Waals surface area contributed by atoms with E-state index < -0.39 is 5.97 Å². The molecule has 1 aromatic rings. The highest BCUT2D eigenvalue weighted by Crippen LogP contribution is 2.09. The second-order valence-electron chi connectivity index (χ2n) is 4.31. The van der Waals surface area contributed by atoms with Crippen molar-refractivity contribution in [1.29, 1.82) is 5.26 Å². The van der Waals surface area contributed by atoms with Gasteiger partial charge in [0.05, 0.1) is 18.1 Å². The fraction of sp³-hybridized carbons (Fsp3) is 0.429. The van der Waals surface area contributed by atoms with Gasteiger partial charge in [0, 0.05) is 26.2 Å². The van der Waals surface area contributed by atoms with Crippen LogP contribution >= 0.6 is 0 Å². The van der Waals surface area contributed by atoms with E-state index in [0.717, 1.165) is 5.56 Å². The highest BCUT2D eigenvalue weighted by atomic mass is 16.4. The molecule has 19 heavy (non-hydrogen) atoms. The molecule has 0 aliphatic rings. The lowest BCUT2D eigenvalue weighted by molar-refractivity contribution is -0.137. The van der Waals surface area contributed by atoms with Crippen LogP contribution in [0.4, 0.5) is 0 Å². The molecule has 0 aromatic heterocycles. The summed E-state index contributed by atoms with van der Waals surface area (Å²) in [6, 6.07) is 9.34. The Morgan fingerprint density at radius 3 is 2.79 bits per heavy atom. The fourth-order valence-electron chi connectivity index (χ4n) is 1.82. The van der Waals surface area contributed by atoms with E-state index in [1.54, 1.807) is 12.1 Å². The van der Waals surface area contributed by atoms with Gasteiger partial charge in [0.1, 0.15) is 0 Å². The van der Waals surface area contributed by atoms with Gasteiger partial charge >= 0.3 is 5.97 Å². The molecule has 0 aliphatic heterocycles. The maximum atomic E-state index is 10.6. The predicted molar refractivity (Wildman–Crippen MR) is 70.4 cm³/mol. The van der Waals surface area contributed by atoms with E-state index >= 15 is 0 Å². The Balaban J connectivity index is 2.63. The van der Waals surface area contributed by atoms with Gasteiger partial charge in [-0.3, -0.25) is 9.69 Å². The number of aliphatic hydroxyl groups is 1. The van der Waals surface area contributed by atoms with E-state index in [1.165, 1.54) is 0 Å². The van der Waals surface area contributed by atoms with E-state index in [0.29, 0.717) is 31.6 Å². The highest BCUT2D eigenvalue weighted by molar-refractivity contribution is 5.66. The Bertz CT molecular complexity index is 454. The van der Waals surface area contributed by atoms with Crippen molar-refractivity contribution in [2.24, 2.45) is 0 Å². The number of rotatable bonds is 8. The number of hydrogen-bond acceptors (Lipinski definition) is 4. The number of benzene rings is 1. The van der Waals surface area contributed by atoms with E-state index in [1.807, 2.05) is 17.0 Å². The number of carboxylic acid groups (broad SMARTS) is 1. The SMILES string of the molecule is N#Cc1cccc(CN(CCCO)CCC(=O)O)c1. The molecule has 0 saturated carbocycles. The molecule has 1 rings (SSSR count). The molecule has 2 N–H and O–H groups in total. The second-order valence-corrected chi connectivity index (χ2v) is 4.31. The van der Waals surface area contributed by atoms with Crippen LogP contribution < -0.4 is 0 Å². The number of aliphatic carboxylic acids is 1. The van der Waals surface area contributed by atoms with E-state index in [2.05, 4.69) is 6.07 Å². The number of nitriles is 1. The lowest BCUT2D eigenvalue weighted by Crippen LogP contribution is -2.27. The first-order valence-corrected chi connectivity index (χ1v) is 6.19. The van der Waals surface area contributed by atoms with Crippen molar-refractivity contribution in [3.8, 4) is 6.07 Å². The second kappa shape index (κ2) is 8.25. The zero-order chi connectivity index (χ0) is 14.1. The molecular formula is C14H18N2O3. The quantitative estimate of drug-likeness (QED) is 0.735. The summed E-state index contributed by atoms with van der Waals surface area (Å²) in [7, 11) is 0. The van der Waals surface area contributed by atoms with Gasteiger partial charge < -0.3 is 10.2 Å². The minimum atomic E-state index is -0.834. The topological polar surface area (TPSA) is 84.6 Å². The smallest absolute Gasteiger partial charge is 0.304 e. The van der Waals surface area contributed by atoms with Crippen LogP contribution in [0.1, 0.15) is 24.0 Å². The molecule has 0 bridgehead atoms. The lowest BCUT2D eigenvalue weighted by Gasteiger charge is -2.21. The first kappa shape index (κ1) is 15.2. The Kier molecular flexibility index (Phi) is 6.58. The van der Waals surface area contributed by atoms with Gasteiger partial charge in [-0.1, -0.05) is 12.1 Å². The van der Waals surface area contributed by atoms with Gasteiger partial charge in [-0.2, -0.15) is 5.26 Å². The number of hydrogen-bond donors (Lipinski definition) is 2. The van der Waals surface area contributed by atoms with Crippen LogP contribution in [0.3, 0.4) is 0 Å². The Labute approximate surface area is 112 Å². The van der Waals surface area contributed by atoms with Gasteiger partial charge in [-0.05, 0) is 24.1 Å². The van der Waals surface area contributed by atoms with E-state index in [9.17, 15) is 4.79 Å². The molecule has 0 unspecified atom stereocenters. The molecule has 0 radical (unpaired) electrons. The minimum absolute atomic E-state index is 0.0728. The summed E-state index contributed by atoms with van der Waals surface area (Å²) in [4.78, 5) is 12.6. The van der Waals surface area contributed by atoms with Crippen LogP contribution in [0.15, 0.2) is 24.3 Å². The monoisotopic (exact) mass is 262 g/mol. The molecule has 0 amide bonds. The van der Waals surface area contributed by atoms with Crippen LogP contribution in [-0.2, 0) is 11.3 Å². The molecule has 1 aromatic carbocycles. The summed E-state index contributed by atoms with van der Waals surface area (Å²) >= 11 is 0. The molecule has 0 aliphatic carbocycles. The standard InChI is InChI=1S/C14H18N2O3/c15-10-12-3-1-4-13(9-12)11-16(6-2-8-17)7-5-14(18)19/h1,3-4,9,17H,2,5-8,11H2,(H,18,19). The van der Waals surface area contributed by atoms with Crippen LogP contribution in [0.5, 0.6) is 0 Å². The fourth-order valence-corrected chi connectivity index (χ4v) is 1.82. The van der Waals surface area contributed by atoms with Gasteiger partial charge in [-0.15, -0.1) is 0 Å². The number of carboxylic acids is 1. The minimum Gasteiger partial charge on any atom is -0.481 e. The van der Waals surface area contributed by atoms with Crippen molar-refractivity contribution in [2.45, 2.75) is 19.4 Å². The molecule has 0 atom stereocenters. The third kappa shape index (κ3) is 6.00. The van der Waals surface area contributed by atoms with Gasteiger partial charge in [-0.25, -0.2) is 0 Å². The van der Waals surface area contributed by atoms with Crippen LogP contribution in [0, 0.1) is 11.3 Å². The average Bonchev–Trinajstić information content (AvgIpc) is 2.42. The predicted octanol–water partition coefficient (Wildman–Crippen LogP) is 1.22. The number of carbonyl (C=O) groups is 1. The van der Waals surface area contributed by atoms with Crippen molar-refractivity contribution in [3.05, 3.63) is 35.4 Å². The van der Waals surface area contributed by atoms with Gasteiger partial charge in [0.25, 0.3) is 0 Å². The van der Waals surface area contributed by atoms with Gasteiger partial charge in [0.2, 0.25) is 0 Å². The van der Waals surface area contributed by atoms with Crippen molar-refractivity contribution in [3.63, 3.8) is 0 Å². The summed E-state index contributed by atoms with van der Waals surface area (Å²) in [5.41, 5.74) is 1.57. The molecule has 5 nitrogen and oxygen atoms in total. The van der Waals surface area contributed by atoms with Crippen LogP contribution in [-0.4, -0.2) is 40.8 Å². The van der Waals surface area contributed by atoms with Gasteiger partial charge in [0.15, 0.2) is 0 Å². The van der Waals surface area contributed by atoms with Crippen molar-refractivity contribution < 1.29 is 15.0 Å². The summed E-state index contributed by atoms with van der Waals surface area (Å²) in [6.45, 7) is 1.75. The third-order valence-corrected chi connectivity index (χ3v) is 2.74. The Morgan fingerprint density at radius 2 is 2.16 bits per heavy atom. The van der Waals surface area contributed by atoms with E-state index in [-0.39, 0.29) is 13.0 Å². The highest BCUT2D eigenvalue weighted by Gasteiger charge is 2.08. The zero-order valence-electron chi connectivity index (χ0n) is 10.7. The first-order valence-electron chi connectivity index (χ1n) is 6.19. The number of nitrogens with zero attached hydrogens (tertiary/aromatic N) is 2. The summed E-state index contributed by atoms with van der Waals surface area (Å²) in [5.74, 6) is -0.834. The Hall–Kier alpha value is -1.90. The third-order valence-electron chi connectivity index (χ3n) is 2.74. The summed E-state index contributed by atoms with van der Waals surface area (Å²) in [6.07, 6.45) is 0.681. The normalized spacial score (nSPS) is 10.4. The molecule has 5 heteroatoms. The maximum absolute atomic E-state index is 10.6. The van der Waals surface area contributed by atoms with Crippen LogP contribution in [0.25, 0.3) is 0 Å². The van der Waals surface area contributed by atoms with Crippen molar-refractivity contribution in [1.82, 2.24) is 4.90 Å². The molecule has 102 valence electrons. The first-order chi connectivity index (χ1) is 9.15. The largest absolute Gasteiger partial charge is 0.481 e. The van der Waals surface area contributed by atoms with E-state index in [4.69, 9.17) is 15.5 Å². The summed E-state index contributed by atoms with van der Waals surface area (Å²) in [5, 5.41) is 26.4. The number of aliphatic hydroxyl groups excluding tert-OH is 1. The lowest BCUT2D eigenvalue weighted by atomic mass is 10.1. The molecule has 0 fully saturated rings. The average molecular weight is 262 g/mol. The van der Waals surface area contributed by atoms with Crippen molar-refractivity contribution >= 4 is 5.97 Å². The summed E-state index contributed by atoms with van der Waals surface area (Å²) < 4.78 is 0. The maximum Gasteiger partial charge on any atom is 0.304 e. The molecular weight excluding hydrogens is 244 g/mol. The molecule has 0 heterocycles. The van der Waals surface area contributed by atoms with Crippen molar-refractivity contribution in [2.75, 3.05) is 19.7 Å².